The highest BCUT2D eigenvalue weighted by molar-refractivity contribution is 7.80. The summed E-state index contributed by atoms with van der Waals surface area (Å²) in [5.74, 6) is 0. The number of hydrogen-bond acceptors (Lipinski definition) is 3. The van der Waals surface area contributed by atoms with Crippen molar-refractivity contribution in [3.8, 4) is 0 Å². The Bertz CT molecular complexity index is 78.0. The van der Waals surface area contributed by atoms with Gasteiger partial charge in [0.15, 0.2) is 0 Å². The third-order valence-corrected chi connectivity index (χ3v) is 1.36. The second kappa shape index (κ2) is 6.01. The first kappa shape index (κ1) is 10.3. The van der Waals surface area contributed by atoms with Crippen molar-refractivity contribution < 1.29 is 4.74 Å². The first-order valence-electron chi connectivity index (χ1n) is 3.57. The lowest BCUT2D eigenvalue weighted by atomic mass is 10.3. The summed E-state index contributed by atoms with van der Waals surface area (Å²) in [6.45, 7) is 5.86. The van der Waals surface area contributed by atoms with Crippen molar-refractivity contribution in [3.63, 3.8) is 0 Å². The number of rotatable bonds is 5. The molecule has 2 unspecified atom stereocenters. The summed E-state index contributed by atoms with van der Waals surface area (Å²) in [5, 5.41) is 3.70. The fourth-order valence-corrected chi connectivity index (χ4v) is 0.786. The minimum Gasteiger partial charge on any atom is -0.383 e. The maximum Gasteiger partial charge on any atom is 0.0613 e. The van der Waals surface area contributed by atoms with E-state index in [9.17, 15) is 0 Å². The maximum atomic E-state index is 4.95. The van der Waals surface area contributed by atoms with Crippen LogP contribution in [0, 0.1) is 0 Å². The van der Waals surface area contributed by atoms with E-state index in [0.717, 1.165) is 13.2 Å². The molecule has 0 saturated heterocycles. The van der Waals surface area contributed by atoms with Crippen molar-refractivity contribution >= 4 is 12.6 Å². The summed E-state index contributed by atoms with van der Waals surface area (Å²) in [4.78, 5) is 0. The number of hydrogen-bond donors (Lipinski definition) is 2. The number of thiol groups is 1. The Morgan fingerprint density at radius 1 is 1.50 bits per heavy atom. The second-order valence-electron chi connectivity index (χ2n) is 2.61. The minimum absolute atomic E-state index is 0.416. The molecule has 0 bridgehead atoms. The minimum atomic E-state index is 0.416. The highest BCUT2D eigenvalue weighted by Crippen LogP contribution is 1.90. The Balaban J connectivity index is 3.12. The topological polar surface area (TPSA) is 21.3 Å². The summed E-state index contributed by atoms with van der Waals surface area (Å²) in [7, 11) is 1.71. The molecule has 0 spiro atoms. The lowest BCUT2D eigenvalue weighted by Crippen LogP contribution is -2.33. The Morgan fingerprint density at radius 2 is 2.10 bits per heavy atom. The van der Waals surface area contributed by atoms with Crippen molar-refractivity contribution in [1.29, 1.82) is 0 Å². The molecule has 0 amide bonds. The molecule has 0 radical (unpaired) electrons. The first-order valence-corrected chi connectivity index (χ1v) is 4.08. The predicted octanol–water partition coefficient (Wildman–Crippen LogP) is 0.929. The van der Waals surface area contributed by atoms with Crippen molar-refractivity contribution in [1.82, 2.24) is 5.32 Å². The molecule has 0 aromatic heterocycles. The van der Waals surface area contributed by atoms with Gasteiger partial charge in [-0.05, 0) is 6.92 Å². The smallest absolute Gasteiger partial charge is 0.0613 e. The van der Waals surface area contributed by atoms with Crippen molar-refractivity contribution in [2.24, 2.45) is 0 Å². The molecule has 0 aliphatic rings. The van der Waals surface area contributed by atoms with Crippen LogP contribution < -0.4 is 5.32 Å². The van der Waals surface area contributed by atoms with Crippen molar-refractivity contribution in [2.45, 2.75) is 25.1 Å². The van der Waals surface area contributed by atoms with Gasteiger partial charge in [-0.15, -0.1) is 0 Å². The lowest BCUT2D eigenvalue weighted by molar-refractivity contribution is 0.172. The zero-order valence-corrected chi connectivity index (χ0v) is 7.82. The van der Waals surface area contributed by atoms with Crippen LogP contribution in [0.3, 0.4) is 0 Å². The van der Waals surface area contributed by atoms with Crippen LogP contribution in [0.25, 0.3) is 0 Å². The zero-order chi connectivity index (χ0) is 7.98. The summed E-state index contributed by atoms with van der Waals surface area (Å²) in [5.41, 5.74) is 0. The van der Waals surface area contributed by atoms with Crippen LogP contribution in [0.15, 0.2) is 0 Å². The summed E-state index contributed by atoms with van der Waals surface area (Å²) >= 11 is 4.24. The standard InChI is InChI=1S/C7H17NOS/c1-6(5-9-3)8-4-7(2)10/h6-8,10H,4-5H2,1-3H3. The van der Waals surface area contributed by atoms with Gasteiger partial charge in [0.2, 0.25) is 0 Å². The maximum absolute atomic E-state index is 4.95. The van der Waals surface area contributed by atoms with E-state index in [-0.39, 0.29) is 0 Å². The summed E-state index contributed by atoms with van der Waals surface area (Å²) in [6, 6.07) is 0.430. The van der Waals surface area contributed by atoms with Gasteiger partial charge in [0.05, 0.1) is 6.61 Å². The molecule has 62 valence electrons. The first-order chi connectivity index (χ1) is 4.66. The Hall–Kier alpha value is 0.270. The van der Waals surface area contributed by atoms with Gasteiger partial charge in [-0.3, -0.25) is 0 Å². The Kier molecular flexibility index (Phi) is 6.17. The molecule has 0 aromatic carbocycles. The van der Waals surface area contributed by atoms with Crippen LogP contribution in [-0.4, -0.2) is 31.6 Å². The molecule has 0 aliphatic carbocycles. The van der Waals surface area contributed by atoms with Crippen LogP contribution in [0.2, 0.25) is 0 Å². The van der Waals surface area contributed by atoms with Gasteiger partial charge in [-0.25, -0.2) is 0 Å². The van der Waals surface area contributed by atoms with E-state index in [2.05, 4.69) is 31.8 Å². The Labute approximate surface area is 68.7 Å². The molecule has 1 N–H and O–H groups in total. The van der Waals surface area contributed by atoms with E-state index in [4.69, 9.17) is 4.74 Å². The molecule has 0 saturated carbocycles. The average molecular weight is 163 g/mol. The molecule has 0 heterocycles. The molecule has 0 rings (SSSR count). The van der Waals surface area contributed by atoms with Crippen LogP contribution in [-0.2, 0) is 4.74 Å². The predicted molar refractivity (Wildman–Crippen MR) is 47.8 cm³/mol. The molecule has 2 nitrogen and oxygen atoms in total. The quantitative estimate of drug-likeness (QED) is 0.588. The summed E-state index contributed by atoms with van der Waals surface area (Å²) < 4.78 is 4.95. The van der Waals surface area contributed by atoms with Gasteiger partial charge >= 0.3 is 0 Å². The van der Waals surface area contributed by atoms with E-state index in [1.165, 1.54) is 0 Å². The number of methoxy groups -OCH3 is 1. The molecule has 2 atom stereocenters. The normalized spacial score (nSPS) is 16.8. The Morgan fingerprint density at radius 3 is 2.50 bits per heavy atom. The van der Waals surface area contributed by atoms with E-state index in [1.807, 2.05) is 0 Å². The second-order valence-corrected chi connectivity index (χ2v) is 3.50. The molecule has 0 aromatic rings. The van der Waals surface area contributed by atoms with Gasteiger partial charge in [0.1, 0.15) is 0 Å². The van der Waals surface area contributed by atoms with E-state index in [1.54, 1.807) is 7.11 Å². The van der Waals surface area contributed by atoms with Gasteiger partial charge in [-0.1, -0.05) is 6.92 Å². The monoisotopic (exact) mass is 163 g/mol. The zero-order valence-electron chi connectivity index (χ0n) is 6.92. The van der Waals surface area contributed by atoms with E-state index < -0.39 is 0 Å². The highest BCUT2D eigenvalue weighted by atomic mass is 32.1. The van der Waals surface area contributed by atoms with E-state index in [0.29, 0.717) is 11.3 Å². The summed E-state index contributed by atoms with van der Waals surface area (Å²) in [6.07, 6.45) is 0. The van der Waals surface area contributed by atoms with E-state index >= 15 is 0 Å². The molecular weight excluding hydrogens is 146 g/mol. The largest absolute Gasteiger partial charge is 0.383 e. The molecule has 0 fully saturated rings. The van der Waals surface area contributed by atoms with Gasteiger partial charge < -0.3 is 10.1 Å². The van der Waals surface area contributed by atoms with Crippen molar-refractivity contribution in [3.05, 3.63) is 0 Å². The third-order valence-electron chi connectivity index (χ3n) is 1.18. The lowest BCUT2D eigenvalue weighted by Gasteiger charge is -2.13. The SMILES string of the molecule is COCC(C)NCC(C)S. The van der Waals surface area contributed by atoms with Crippen LogP contribution in [0.4, 0.5) is 0 Å². The van der Waals surface area contributed by atoms with Gasteiger partial charge in [-0.2, -0.15) is 12.6 Å². The van der Waals surface area contributed by atoms with Crippen LogP contribution in [0.1, 0.15) is 13.8 Å². The van der Waals surface area contributed by atoms with Crippen molar-refractivity contribution in [2.75, 3.05) is 20.3 Å². The highest BCUT2D eigenvalue weighted by Gasteiger charge is 2.00. The fraction of sp³-hybridized carbons (Fsp3) is 1.00. The molecule has 0 aliphatic heterocycles. The van der Waals surface area contributed by atoms with Crippen LogP contribution in [0.5, 0.6) is 0 Å². The fourth-order valence-electron chi connectivity index (χ4n) is 0.681. The average Bonchev–Trinajstić information content (AvgIpc) is 1.85. The number of nitrogens with one attached hydrogen (secondary N) is 1. The third kappa shape index (κ3) is 6.39. The van der Waals surface area contributed by atoms with Crippen LogP contribution >= 0.6 is 12.6 Å². The molecule has 10 heavy (non-hydrogen) atoms. The number of ether oxygens (including phenoxy) is 1. The van der Waals surface area contributed by atoms with Gasteiger partial charge in [0.25, 0.3) is 0 Å². The molecule has 3 heteroatoms. The molecular formula is C7H17NOS. The van der Waals surface area contributed by atoms with Gasteiger partial charge in [0, 0.05) is 24.9 Å².